The Kier molecular flexibility index (Phi) is 13.4. The first kappa shape index (κ1) is 34.6. The second kappa shape index (κ2) is 15.4. The summed E-state index contributed by atoms with van der Waals surface area (Å²) in [5, 5.41) is 6.52. The molecule has 13 heteroatoms. The minimum atomic E-state index is -4.72. The monoisotopic (exact) mass is 609 g/mol. The molecule has 40 heavy (non-hydrogen) atoms. The van der Waals surface area contributed by atoms with Gasteiger partial charge in [-0.25, -0.2) is 17.2 Å². The number of rotatable bonds is 3. The molecule has 0 radical (unpaired) electrons. The van der Waals surface area contributed by atoms with Crippen LogP contribution in [0.1, 0.15) is 39.7 Å². The first-order chi connectivity index (χ1) is 18.8. The molecule has 1 heterocycles. The molecule has 220 valence electrons. The van der Waals surface area contributed by atoms with Gasteiger partial charge < -0.3 is 9.84 Å². The van der Waals surface area contributed by atoms with Crippen molar-refractivity contribution in [3.63, 3.8) is 0 Å². The predicted octanol–water partition coefficient (Wildman–Crippen LogP) is 8.04. The molecule has 3 aromatic rings. The van der Waals surface area contributed by atoms with Crippen LogP contribution in [0.25, 0.3) is 11.1 Å². The lowest BCUT2D eigenvalue weighted by Gasteiger charge is -2.31. The molecular formula is C27H29ClF5NO5S. The summed E-state index contributed by atoms with van der Waals surface area (Å²) >= 11 is 5.95. The fourth-order valence-corrected chi connectivity index (χ4v) is 5.05. The van der Waals surface area contributed by atoms with Crippen molar-refractivity contribution in [2.75, 3.05) is 17.5 Å². The molecule has 0 saturated heterocycles. The molecule has 1 aliphatic heterocycles. The highest BCUT2D eigenvalue weighted by Crippen LogP contribution is 2.41. The van der Waals surface area contributed by atoms with E-state index in [1.807, 2.05) is 13.8 Å². The predicted molar refractivity (Wildman–Crippen MR) is 144 cm³/mol. The highest BCUT2D eigenvalue weighted by Gasteiger charge is 2.35. The van der Waals surface area contributed by atoms with E-state index in [1.54, 1.807) is 0 Å². The summed E-state index contributed by atoms with van der Waals surface area (Å²) in [7, 11) is -4.41. The van der Waals surface area contributed by atoms with Crippen molar-refractivity contribution in [2.24, 2.45) is 0 Å². The first-order valence-corrected chi connectivity index (χ1v) is 13.8. The number of hydrogen-bond donors (Lipinski definition) is 1. The number of hydrogen-bond acceptors (Lipinski definition) is 4. The molecule has 0 spiro atoms. The molecule has 0 aliphatic carbocycles. The summed E-state index contributed by atoms with van der Waals surface area (Å²) in [6.07, 6.45) is -3.47. The van der Waals surface area contributed by atoms with Gasteiger partial charge in [-0.05, 0) is 42.0 Å². The van der Waals surface area contributed by atoms with Crippen LogP contribution in [0.3, 0.4) is 0 Å². The standard InChI is InChI=1S/C21H13ClF5NO3S.C3H8.C2H6.CH2O2/c22-20-16(10-14(23)11-17(20)24)12-4-5-19-18(8-12)28(6-7-31-19)32(29,30)15-3-1-2-13(9-15)21(25,26)27;1-3-2;1-2;2-1-3/h1-5,8-11H,6-7H2;3H2,1-2H3;1-2H3;1H,(H,2,3). The number of anilines is 1. The average molecular weight is 610 g/mol. The fraction of sp³-hybridized carbons (Fsp3) is 0.296. The van der Waals surface area contributed by atoms with Crippen molar-refractivity contribution in [1.29, 1.82) is 0 Å². The van der Waals surface area contributed by atoms with Gasteiger partial charge in [0, 0.05) is 11.6 Å². The van der Waals surface area contributed by atoms with Crippen LogP contribution in [0.2, 0.25) is 5.02 Å². The second-order valence-corrected chi connectivity index (χ2v) is 9.94. The maximum absolute atomic E-state index is 13.9. The van der Waals surface area contributed by atoms with Crippen LogP contribution >= 0.6 is 11.6 Å². The number of carbonyl (C=O) groups is 1. The van der Waals surface area contributed by atoms with Gasteiger partial charge in [0.1, 0.15) is 24.0 Å². The van der Waals surface area contributed by atoms with E-state index < -0.39 is 38.3 Å². The Hall–Kier alpha value is -3.38. The summed E-state index contributed by atoms with van der Waals surface area (Å²) in [4.78, 5) is 7.81. The van der Waals surface area contributed by atoms with E-state index in [2.05, 4.69) is 13.8 Å². The lowest BCUT2D eigenvalue weighted by Crippen LogP contribution is -2.38. The Labute approximate surface area is 235 Å². The molecule has 0 fully saturated rings. The highest BCUT2D eigenvalue weighted by molar-refractivity contribution is 7.92. The van der Waals surface area contributed by atoms with E-state index >= 15 is 0 Å². The molecule has 0 aromatic heterocycles. The zero-order valence-corrected chi connectivity index (χ0v) is 23.7. The van der Waals surface area contributed by atoms with E-state index in [4.69, 9.17) is 26.2 Å². The second-order valence-electron chi connectivity index (χ2n) is 7.70. The van der Waals surface area contributed by atoms with Gasteiger partial charge in [0.25, 0.3) is 16.5 Å². The minimum Gasteiger partial charge on any atom is -0.489 e. The first-order valence-electron chi connectivity index (χ1n) is 12.0. The van der Waals surface area contributed by atoms with Crippen LogP contribution in [0.15, 0.2) is 59.5 Å². The summed E-state index contributed by atoms with van der Waals surface area (Å²) in [5.41, 5.74) is -0.925. The number of benzene rings is 3. The van der Waals surface area contributed by atoms with Gasteiger partial charge in [-0.15, -0.1) is 0 Å². The number of alkyl halides is 3. The Morgan fingerprint density at radius 2 is 1.65 bits per heavy atom. The van der Waals surface area contributed by atoms with Crippen LogP contribution in [0.4, 0.5) is 27.6 Å². The van der Waals surface area contributed by atoms with Crippen LogP contribution in [0, 0.1) is 11.6 Å². The summed E-state index contributed by atoms with van der Waals surface area (Å²) in [6.45, 7) is 7.78. The van der Waals surface area contributed by atoms with Crippen molar-refractivity contribution in [3.8, 4) is 16.9 Å². The van der Waals surface area contributed by atoms with E-state index in [0.29, 0.717) is 12.1 Å². The topological polar surface area (TPSA) is 83.9 Å². The Balaban J connectivity index is 0.000000902. The smallest absolute Gasteiger partial charge is 0.416 e. The normalized spacial score (nSPS) is 12.2. The van der Waals surface area contributed by atoms with Crippen molar-refractivity contribution < 1.29 is 45.0 Å². The molecule has 0 bridgehead atoms. The Morgan fingerprint density at radius 3 is 2.23 bits per heavy atom. The molecule has 0 saturated carbocycles. The SMILES string of the molecule is CC.CCC.O=CO.O=S(=O)(c1cccc(C(F)(F)F)c1)N1CCOc2ccc(-c3cc(F)cc(F)c3Cl)cc21. The number of nitrogens with zero attached hydrogens (tertiary/aromatic N) is 1. The maximum Gasteiger partial charge on any atom is 0.416 e. The third-order valence-corrected chi connectivity index (χ3v) is 7.03. The molecule has 1 N–H and O–H groups in total. The number of carboxylic acid groups (broad SMARTS) is 1. The zero-order chi connectivity index (χ0) is 30.7. The van der Waals surface area contributed by atoms with E-state index in [0.717, 1.165) is 28.6 Å². The van der Waals surface area contributed by atoms with E-state index in [1.165, 1.54) is 24.6 Å². The van der Waals surface area contributed by atoms with Gasteiger partial charge in [-0.2, -0.15) is 13.2 Å². The van der Waals surface area contributed by atoms with Crippen LogP contribution < -0.4 is 9.04 Å². The summed E-state index contributed by atoms with van der Waals surface area (Å²) in [6, 6.07) is 9.13. The molecule has 0 amide bonds. The lowest BCUT2D eigenvalue weighted by molar-refractivity contribution is -0.137. The van der Waals surface area contributed by atoms with Gasteiger partial charge in [0.15, 0.2) is 0 Å². The highest BCUT2D eigenvalue weighted by atomic mass is 35.5. The van der Waals surface area contributed by atoms with Crippen molar-refractivity contribution in [1.82, 2.24) is 0 Å². The molecule has 1 aliphatic rings. The number of ether oxygens (including phenoxy) is 1. The van der Waals surface area contributed by atoms with Gasteiger partial charge in [-0.3, -0.25) is 9.10 Å². The van der Waals surface area contributed by atoms with Crippen molar-refractivity contribution >= 4 is 33.8 Å². The lowest BCUT2D eigenvalue weighted by atomic mass is 10.0. The molecule has 0 atom stereocenters. The molecular weight excluding hydrogens is 581 g/mol. The number of fused-ring (bicyclic) bond motifs is 1. The van der Waals surface area contributed by atoms with Crippen LogP contribution in [-0.2, 0) is 21.0 Å². The third-order valence-electron chi connectivity index (χ3n) is 4.83. The zero-order valence-electron chi connectivity index (χ0n) is 22.1. The van der Waals surface area contributed by atoms with Gasteiger partial charge >= 0.3 is 6.18 Å². The molecule has 0 unspecified atom stereocenters. The van der Waals surface area contributed by atoms with E-state index in [9.17, 15) is 30.4 Å². The summed E-state index contributed by atoms with van der Waals surface area (Å²) in [5.74, 6) is -1.74. The minimum absolute atomic E-state index is 0.00639. The maximum atomic E-state index is 13.9. The summed E-state index contributed by atoms with van der Waals surface area (Å²) < 4.78 is 99.6. The largest absolute Gasteiger partial charge is 0.489 e. The quantitative estimate of drug-likeness (QED) is 0.185. The van der Waals surface area contributed by atoms with Gasteiger partial charge in [-0.1, -0.05) is 57.8 Å². The Bertz CT molecular complexity index is 1380. The van der Waals surface area contributed by atoms with Crippen LogP contribution in [-0.4, -0.2) is 33.1 Å². The molecule has 4 rings (SSSR count). The fourth-order valence-electron chi connectivity index (χ4n) is 3.34. The number of halogens is 6. The van der Waals surface area contributed by atoms with Crippen LogP contribution in [0.5, 0.6) is 5.75 Å². The van der Waals surface area contributed by atoms with E-state index in [-0.39, 0.29) is 47.2 Å². The van der Waals surface area contributed by atoms with Gasteiger partial charge in [0.05, 0.1) is 27.7 Å². The van der Waals surface area contributed by atoms with Crippen molar-refractivity contribution in [3.05, 3.63) is 76.8 Å². The van der Waals surface area contributed by atoms with Gasteiger partial charge in [0.2, 0.25) is 0 Å². The Morgan fingerprint density at radius 1 is 1.05 bits per heavy atom. The molecule has 3 aromatic carbocycles. The van der Waals surface area contributed by atoms with Crippen molar-refractivity contribution in [2.45, 2.75) is 45.2 Å². The third kappa shape index (κ3) is 8.56. The molecule has 6 nitrogen and oxygen atoms in total. The average Bonchev–Trinajstić information content (AvgIpc) is 2.91. The number of sulfonamides is 1.